The molecule has 0 aliphatic rings. The molecule has 0 aliphatic heterocycles. The highest BCUT2D eigenvalue weighted by molar-refractivity contribution is 6.10. The maximum absolute atomic E-state index is 13.1. The number of oxazole rings is 1. The molecule has 8 heteroatoms. The molecule has 1 amide bonds. The van der Waals surface area contributed by atoms with E-state index in [2.05, 4.69) is 10.3 Å². The van der Waals surface area contributed by atoms with Crippen LogP contribution in [0.1, 0.15) is 26.4 Å². The molecule has 2 rings (SSSR count). The van der Waals surface area contributed by atoms with Crippen LogP contribution in [0, 0.1) is 18.6 Å². The fraction of sp³-hybridized carbons (Fsp3) is 0.0833. The molecule has 0 saturated heterocycles. The number of aromatic nitrogens is 1. The van der Waals surface area contributed by atoms with E-state index in [0.717, 1.165) is 0 Å². The van der Waals surface area contributed by atoms with E-state index in [4.69, 9.17) is 9.52 Å². The first-order valence-corrected chi connectivity index (χ1v) is 5.34. The Balaban J connectivity index is 2.38. The van der Waals surface area contributed by atoms with Gasteiger partial charge < -0.3 is 9.52 Å². The lowest BCUT2D eigenvalue weighted by Crippen LogP contribution is -2.17. The van der Waals surface area contributed by atoms with Crippen LogP contribution in [-0.4, -0.2) is 22.0 Å². The lowest BCUT2D eigenvalue weighted by atomic mass is 10.1. The van der Waals surface area contributed by atoms with E-state index in [9.17, 15) is 18.4 Å². The number of amides is 1. The van der Waals surface area contributed by atoms with Gasteiger partial charge in [-0.2, -0.15) is 4.98 Å². The van der Waals surface area contributed by atoms with E-state index >= 15 is 0 Å². The SMILES string of the molecule is Cc1coc(NC(=O)c2cc(F)c(F)cc2C(=O)O)n1. The van der Waals surface area contributed by atoms with Crippen LogP contribution >= 0.6 is 0 Å². The molecule has 0 unspecified atom stereocenters. The van der Waals surface area contributed by atoms with Crippen LogP contribution in [-0.2, 0) is 0 Å². The molecule has 0 bridgehead atoms. The lowest BCUT2D eigenvalue weighted by Gasteiger charge is -2.06. The van der Waals surface area contributed by atoms with Crippen molar-refractivity contribution >= 4 is 17.9 Å². The Morgan fingerprint density at radius 1 is 1.25 bits per heavy atom. The second-order valence-electron chi connectivity index (χ2n) is 3.87. The third kappa shape index (κ3) is 2.63. The Kier molecular flexibility index (Phi) is 3.47. The zero-order valence-corrected chi connectivity index (χ0v) is 10.1. The number of anilines is 1. The zero-order chi connectivity index (χ0) is 14.9. The molecule has 1 aromatic carbocycles. The van der Waals surface area contributed by atoms with E-state index in [1.54, 1.807) is 6.92 Å². The summed E-state index contributed by atoms with van der Waals surface area (Å²) in [6.07, 6.45) is 1.26. The molecule has 2 aromatic rings. The standard InChI is InChI=1S/C12H8F2N2O4/c1-5-4-20-12(15-5)16-10(17)6-2-8(13)9(14)3-7(6)11(18)19/h2-4H,1H3,(H,18,19)(H,15,16,17). The summed E-state index contributed by atoms with van der Waals surface area (Å²) in [7, 11) is 0. The van der Waals surface area contributed by atoms with Gasteiger partial charge in [0.15, 0.2) is 11.6 Å². The van der Waals surface area contributed by atoms with Crippen molar-refractivity contribution in [2.24, 2.45) is 0 Å². The Hall–Kier alpha value is -2.77. The topological polar surface area (TPSA) is 92.4 Å². The maximum Gasteiger partial charge on any atom is 0.336 e. The number of benzene rings is 1. The number of nitrogens with zero attached hydrogens (tertiary/aromatic N) is 1. The van der Waals surface area contributed by atoms with E-state index in [1.165, 1.54) is 6.26 Å². The van der Waals surface area contributed by atoms with E-state index in [0.29, 0.717) is 17.8 Å². The number of aromatic carboxylic acids is 1. The second kappa shape index (κ2) is 5.08. The number of nitrogens with one attached hydrogen (secondary N) is 1. The first kappa shape index (κ1) is 13.7. The van der Waals surface area contributed by atoms with Crippen molar-refractivity contribution in [3.8, 4) is 0 Å². The molecule has 1 aromatic heterocycles. The number of rotatable bonds is 3. The minimum Gasteiger partial charge on any atom is -0.478 e. The largest absolute Gasteiger partial charge is 0.478 e. The maximum atomic E-state index is 13.1. The molecule has 0 aliphatic carbocycles. The van der Waals surface area contributed by atoms with Gasteiger partial charge in [0.2, 0.25) is 0 Å². The summed E-state index contributed by atoms with van der Waals surface area (Å²) in [4.78, 5) is 26.6. The predicted molar refractivity (Wildman–Crippen MR) is 62.5 cm³/mol. The summed E-state index contributed by atoms with van der Waals surface area (Å²) < 4.78 is 31.0. The van der Waals surface area contributed by atoms with Gasteiger partial charge in [-0.15, -0.1) is 0 Å². The first-order valence-electron chi connectivity index (χ1n) is 5.34. The number of aryl methyl sites for hydroxylation is 1. The summed E-state index contributed by atoms with van der Waals surface area (Å²) >= 11 is 0. The fourth-order valence-corrected chi connectivity index (χ4v) is 1.49. The zero-order valence-electron chi connectivity index (χ0n) is 10.1. The van der Waals surface area contributed by atoms with Crippen molar-refractivity contribution in [1.29, 1.82) is 0 Å². The molecule has 6 nitrogen and oxygen atoms in total. The molecule has 2 N–H and O–H groups in total. The molecule has 0 atom stereocenters. The lowest BCUT2D eigenvalue weighted by molar-refractivity contribution is 0.0691. The minimum atomic E-state index is -1.56. The Morgan fingerprint density at radius 3 is 2.35 bits per heavy atom. The third-order valence-corrected chi connectivity index (χ3v) is 2.37. The summed E-state index contributed by atoms with van der Waals surface area (Å²) in [6.45, 7) is 1.61. The minimum absolute atomic E-state index is 0.173. The summed E-state index contributed by atoms with van der Waals surface area (Å²) in [5.41, 5.74) is -0.707. The van der Waals surface area contributed by atoms with Crippen LogP contribution < -0.4 is 5.32 Å². The average Bonchev–Trinajstić information content (AvgIpc) is 2.77. The summed E-state index contributed by atoms with van der Waals surface area (Å²) in [6, 6.07) is 0.769. The number of carboxylic acid groups (broad SMARTS) is 1. The Morgan fingerprint density at radius 2 is 1.85 bits per heavy atom. The van der Waals surface area contributed by atoms with Gasteiger partial charge in [-0.3, -0.25) is 10.1 Å². The van der Waals surface area contributed by atoms with Gasteiger partial charge in [-0.25, -0.2) is 13.6 Å². The highest BCUT2D eigenvalue weighted by atomic mass is 19.2. The monoisotopic (exact) mass is 282 g/mol. The Labute approximate surface area is 111 Å². The van der Waals surface area contributed by atoms with Crippen LogP contribution in [0.25, 0.3) is 0 Å². The number of hydrogen-bond donors (Lipinski definition) is 2. The number of carboxylic acids is 1. The molecule has 0 radical (unpaired) electrons. The van der Waals surface area contributed by atoms with Crippen molar-refractivity contribution in [3.05, 3.63) is 46.9 Å². The van der Waals surface area contributed by atoms with Gasteiger partial charge in [0.05, 0.1) is 16.8 Å². The average molecular weight is 282 g/mol. The summed E-state index contributed by atoms with van der Waals surface area (Å²) in [5.74, 6) is -5.21. The van der Waals surface area contributed by atoms with Gasteiger partial charge >= 0.3 is 12.0 Å². The van der Waals surface area contributed by atoms with E-state index in [1.807, 2.05) is 0 Å². The van der Waals surface area contributed by atoms with Crippen molar-refractivity contribution in [2.75, 3.05) is 5.32 Å². The smallest absolute Gasteiger partial charge is 0.336 e. The fourth-order valence-electron chi connectivity index (χ4n) is 1.49. The predicted octanol–water partition coefficient (Wildman–Crippen LogP) is 2.21. The number of carbonyl (C=O) groups is 2. The molecule has 0 saturated carbocycles. The molecular formula is C12H8F2N2O4. The Bertz CT molecular complexity index is 697. The number of halogens is 2. The molecule has 1 heterocycles. The van der Waals surface area contributed by atoms with E-state index < -0.39 is 34.6 Å². The van der Waals surface area contributed by atoms with Gasteiger partial charge in [0.25, 0.3) is 5.91 Å². The van der Waals surface area contributed by atoms with Crippen molar-refractivity contribution in [2.45, 2.75) is 6.92 Å². The first-order chi connectivity index (χ1) is 9.38. The van der Waals surface area contributed by atoms with Gasteiger partial charge in [0, 0.05) is 0 Å². The van der Waals surface area contributed by atoms with Crippen LogP contribution in [0.2, 0.25) is 0 Å². The van der Waals surface area contributed by atoms with Crippen molar-refractivity contribution in [1.82, 2.24) is 4.98 Å². The van der Waals surface area contributed by atoms with Crippen molar-refractivity contribution < 1.29 is 27.9 Å². The van der Waals surface area contributed by atoms with Gasteiger partial charge in [0.1, 0.15) is 6.26 Å². The molecule has 104 valence electrons. The highest BCUT2D eigenvalue weighted by Gasteiger charge is 2.21. The van der Waals surface area contributed by atoms with Gasteiger partial charge in [-0.1, -0.05) is 0 Å². The van der Waals surface area contributed by atoms with Crippen molar-refractivity contribution in [3.63, 3.8) is 0 Å². The van der Waals surface area contributed by atoms with Crippen LogP contribution in [0.5, 0.6) is 0 Å². The quantitative estimate of drug-likeness (QED) is 0.900. The molecule has 0 fully saturated rings. The molecular weight excluding hydrogens is 274 g/mol. The van der Waals surface area contributed by atoms with Gasteiger partial charge in [-0.05, 0) is 19.1 Å². The second-order valence-corrected chi connectivity index (χ2v) is 3.87. The number of carbonyl (C=O) groups excluding carboxylic acids is 1. The number of hydrogen-bond acceptors (Lipinski definition) is 4. The van der Waals surface area contributed by atoms with Crippen LogP contribution in [0.4, 0.5) is 14.8 Å². The van der Waals surface area contributed by atoms with Crippen LogP contribution in [0.15, 0.2) is 22.8 Å². The normalized spacial score (nSPS) is 10.3. The van der Waals surface area contributed by atoms with E-state index in [-0.39, 0.29) is 6.01 Å². The molecule has 20 heavy (non-hydrogen) atoms. The molecule has 0 spiro atoms. The highest BCUT2D eigenvalue weighted by Crippen LogP contribution is 2.17. The summed E-state index contributed by atoms with van der Waals surface area (Å²) in [5, 5.41) is 11.0. The third-order valence-electron chi connectivity index (χ3n) is 2.37. The van der Waals surface area contributed by atoms with Crippen LogP contribution in [0.3, 0.4) is 0 Å².